The molecule has 2 aliphatic rings. The zero-order valence-corrected chi connectivity index (χ0v) is 14.2. The van der Waals surface area contributed by atoms with Crippen molar-refractivity contribution in [1.29, 1.82) is 0 Å². The van der Waals surface area contributed by atoms with Crippen LogP contribution in [0.4, 0.5) is 4.79 Å². The smallest absolute Gasteiger partial charge is 0.326 e. The Balaban J connectivity index is 1.67. The second-order valence-corrected chi connectivity index (χ2v) is 6.69. The minimum Gasteiger partial charge on any atom is -0.379 e. The third kappa shape index (κ3) is 2.67. The van der Waals surface area contributed by atoms with Gasteiger partial charge in [-0.15, -0.1) is 0 Å². The summed E-state index contributed by atoms with van der Waals surface area (Å²) in [5.41, 5.74) is -0.224. The van der Waals surface area contributed by atoms with Crippen LogP contribution in [0.5, 0.6) is 0 Å². The van der Waals surface area contributed by atoms with Crippen LogP contribution in [-0.4, -0.2) is 54.7 Å². The van der Waals surface area contributed by atoms with E-state index in [1.54, 1.807) is 6.92 Å². The minimum atomic E-state index is -1.05. The van der Waals surface area contributed by atoms with Crippen molar-refractivity contribution in [1.82, 2.24) is 15.1 Å². The SMILES string of the molecule is C[C@@]1(c2cccc3ccccc23)NC(=O)N(CN2CCOCC2)C1=O. The molecule has 0 unspecified atom stereocenters. The number of benzene rings is 2. The molecule has 1 N–H and O–H groups in total. The Labute approximate surface area is 146 Å². The van der Waals surface area contributed by atoms with E-state index in [2.05, 4.69) is 10.2 Å². The van der Waals surface area contributed by atoms with Gasteiger partial charge < -0.3 is 10.1 Å². The highest BCUT2D eigenvalue weighted by atomic mass is 16.5. The lowest BCUT2D eigenvalue weighted by Crippen LogP contribution is -2.47. The second kappa shape index (κ2) is 6.13. The van der Waals surface area contributed by atoms with E-state index in [0.717, 1.165) is 29.4 Å². The van der Waals surface area contributed by atoms with Gasteiger partial charge >= 0.3 is 6.03 Å². The van der Waals surface area contributed by atoms with E-state index >= 15 is 0 Å². The van der Waals surface area contributed by atoms with Gasteiger partial charge in [-0.1, -0.05) is 42.5 Å². The van der Waals surface area contributed by atoms with Crippen molar-refractivity contribution in [3.8, 4) is 0 Å². The molecule has 25 heavy (non-hydrogen) atoms. The summed E-state index contributed by atoms with van der Waals surface area (Å²) in [5.74, 6) is -0.208. The van der Waals surface area contributed by atoms with E-state index in [-0.39, 0.29) is 11.9 Å². The van der Waals surface area contributed by atoms with Gasteiger partial charge in [-0.2, -0.15) is 0 Å². The van der Waals surface area contributed by atoms with Crippen LogP contribution in [0, 0.1) is 0 Å². The Morgan fingerprint density at radius 3 is 2.60 bits per heavy atom. The molecule has 130 valence electrons. The number of carbonyl (C=O) groups is 2. The van der Waals surface area contributed by atoms with E-state index in [0.29, 0.717) is 19.9 Å². The first-order valence-electron chi connectivity index (χ1n) is 8.52. The molecule has 0 aliphatic carbocycles. The normalized spacial score (nSPS) is 24.8. The Hall–Kier alpha value is -2.44. The van der Waals surface area contributed by atoms with Gasteiger partial charge in [0.2, 0.25) is 0 Å². The summed E-state index contributed by atoms with van der Waals surface area (Å²) in [5, 5.41) is 4.94. The number of amides is 3. The number of hydrogen-bond donors (Lipinski definition) is 1. The molecule has 6 heteroatoms. The number of morpholine rings is 1. The molecule has 6 nitrogen and oxygen atoms in total. The molecule has 0 spiro atoms. The van der Waals surface area contributed by atoms with Crippen LogP contribution >= 0.6 is 0 Å². The highest BCUT2D eigenvalue weighted by molar-refractivity contribution is 6.09. The number of carbonyl (C=O) groups excluding carboxylic acids is 2. The average molecular weight is 339 g/mol. The van der Waals surface area contributed by atoms with Crippen LogP contribution < -0.4 is 5.32 Å². The minimum absolute atomic E-state index is 0.208. The Morgan fingerprint density at radius 1 is 1.08 bits per heavy atom. The third-order valence-corrected chi connectivity index (χ3v) is 5.05. The fraction of sp³-hybridized carbons (Fsp3) is 0.368. The van der Waals surface area contributed by atoms with Crippen molar-refractivity contribution in [2.24, 2.45) is 0 Å². The number of urea groups is 1. The van der Waals surface area contributed by atoms with Gasteiger partial charge in [0.05, 0.1) is 19.9 Å². The number of hydrogen-bond acceptors (Lipinski definition) is 4. The summed E-state index contributed by atoms with van der Waals surface area (Å²) in [6, 6.07) is 13.4. The maximum Gasteiger partial charge on any atom is 0.326 e. The van der Waals surface area contributed by atoms with Crippen molar-refractivity contribution in [2.75, 3.05) is 33.0 Å². The molecular formula is C19H21N3O3. The van der Waals surface area contributed by atoms with Gasteiger partial charge in [0, 0.05) is 13.1 Å². The molecule has 2 aliphatic heterocycles. The molecule has 0 bridgehead atoms. The molecule has 3 amide bonds. The van der Waals surface area contributed by atoms with Gasteiger partial charge in [-0.25, -0.2) is 9.69 Å². The van der Waals surface area contributed by atoms with Crippen molar-refractivity contribution in [3.05, 3.63) is 48.0 Å². The van der Waals surface area contributed by atoms with Gasteiger partial charge in [0.1, 0.15) is 5.54 Å². The summed E-state index contributed by atoms with van der Waals surface area (Å²) in [6.07, 6.45) is 0. The van der Waals surface area contributed by atoms with E-state index in [9.17, 15) is 9.59 Å². The van der Waals surface area contributed by atoms with Crippen LogP contribution in [0.15, 0.2) is 42.5 Å². The molecule has 2 heterocycles. The second-order valence-electron chi connectivity index (χ2n) is 6.69. The average Bonchev–Trinajstić information content (AvgIpc) is 2.86. The number of imide groups is 1. The maximum absolute atomic E-state index is 13.1. The van der Waals surface area contributed by atoms with Crippen molar-refractivity contribution in [3.63, 3.8) is 0 Å². The summed E-state index contributed by atoms with van der Waals surface area (Å²) < 4.78 is 5.33. The monoisotopic (exact) mass is 339 g/mol. The molecule has 2 aromatic rings. The first-order valence-corrected chi connectivity index (χ1v) is 8.52. The first kappa shape index (κ1) is 16.1. The number of nitrogens with one attached hydrogen (secondary N) is 1. The first-order chi connectivity index (χ1) is 12.1. The molecule has 2 aromatic carbocycles. The molecule has 0 aromatic heterocycles. The van der Waals surface area contributed by atoms with Crippen LogP contribution in [0.3, 0.4) is 0 Å². The predicted octanol–water partition coefficient (Wildman–Crippen LogP) is 1.90. The fourth-order valence-electron chi connectivity index (χ4n) is 3.61. The van der Waals surface area contributed by atoms with Crippen molar-refractivity contribution in [2.45, 2.75) is 12.5 Å². The van der Waals surface area contributed by atoms with Crippen molar-refractivity contribution < 1.29 is 14.3 Å². The highest BCUT2D eigenvalue weighted by Crippen LogP contribution is 2.33. The Morgan fingerprint density at radius 2 is 1.80 bits per heavy atom. The topological polar surface area (TPSA) is 61.9 Å². The quantitative estimate of drug-likeness (QED) is 0.868. The van der Waals surface area contributed by atoms with Crippen molar-refractivity contribution >= 4 is 22.7 Å². The van der Waals surface area contributed by atoms with Gasteiger partial charge in [-0.3, -0.25) is 9.69 Å². The van der Waals surface area contributed by atoms with Gasteiger partial charge in [0.15, 0.2) is 0 Å². The maximum atomic E-state index is 13.1. The van der Waals surface area contributed by atoms with Crippen LogP contribution in [-0.2, 0) is 15.1 Å². The van der Waals surface area contributed by atoms with E-state index < -0.39 is 5.54 Å². The molecule has 0 saturated carbocycles. The van der Waals surface area contributed by atoms with E-state index in [1.807, 2.05) is 42.5 Å². The summed E-state index contributed by atoms with van der Waals surface area (Å²) >= 11 is 0. The molecule has 1 atom stereocenters. The number of nitrogens with zero attached hydrogens (tertiary/aromatic N) is 2. The standard InChI is InChI=1S/C19H21N3O3/c1-19(16-8-4-6-14-5-2-3-7-15(14)16)17(23)22(18(24)20-19)13-21-9-11-25-12-10-21/h2-8H,9-13H2,1H3,(H,20,24)/t19-/m0/s1. The molecule has 2 saturated heterocycles. The lowest BCUT2D eigenvalue weighted by Gasteiger charge is -2.30. The highest BCUT2D eigenvalue weighted by Gasteiger charge is 2.49. The van der Waals surface area contributed by atoms with Crippen LogP contribution in [0.25, 0.3) is 10.8 Å². The van der Waals surface area contributed by atoms with E-state index in [4.69, 9.17) is 4.74 Å². The number of rotatable bonds is 3. The lowest BCUT2D eigenvalue weighted by molar-refractivity contribution is -0.133. The lowest BCUT2D eigenvalue weighted by atomic mass is 9.88. The zero-order valence-electron chi connectivity index (χ0n) is 14.2. The Kier molecular flexibility index (Phi) is 3.94. The molecule has 0 radical (unpaired) electrons. The third-order valence-electron chi connectivity index (χ3n) is 5.05. The van der Waals surface area contributed by atoms with Crippen LogP contribution in [0.1, 0.15) is 12.5 Å². The molecular weight excluding hydrogens is 318 g/mol. The fourth-order valence-corrected chi connectivity index (χ4v) is 3.61. The predicted molar refractivity (Wildman–Crippen MR) is 93.9 cm³/mol. The summed E-state index contributed by atoms with van der Waals surface area (Å²) in [7, 11) is 0. The Bertz CT molecular complexity index is 826. The largest absolute Gasteiger partial charge is 0.379 e. The summed E-state index contributed by atoms with van der Waals surface area (Å²) in [4.78, 5) is 29.0. The number of fused-ring (bicyclic) bond motifs is 1. The van der Waals surface area contributed by atoms with E-state index in [1.165, 1.54) is 4.90 Å². The molecule has 2 fully saturated rings. The van der Waals surface area contributed by atoms with Gasteiger partial charge in [-0.05, 0) is 23.3 Å². The van der Waals surface area contributed by atoms with Crippen LogP contribution in [0.2, 0.25) is 0 Å². The van der Waals surface area contributed by atoms with Gasteiger partial charge in [0.25, 0.3) is 5.91 Å². The number of ether oxygens (including phenoxy) is 1. The zero-order chi connectivity index (χ0) is 17.4. The molecule has 4 rings (SSSR count). The summed E-state index contributed by atoms with van der Waals surface area (Å²) in [6.45, 7) is 4.79.